The van der Waals surface area contributed by atoms with Crippen LogP contribution in [-0.2, 0) is 11.3 Å². The van der Waals surface area contributed by atoms with E-state index in [2.05, 4.69) is 6.58 Å². The van der Waals surface area contributed by atoms with E-state index in [1.807, 2.05) is 0 Å². The molecule has 1 aromatic rings. The van der Waals surface area contributed by atoms with E-state index in [0.717, 1.165) is 0 Å². The van der Waals surface area contributed by atoms with Crippen LogP contribution in [0.25, 0.3) is 0 Å². The molecule has 0 aliphatic carbocycles. The molecule has 1 rings (SSSR count). The van der Waals surface area contributed by atoms with Crippen LogP contribution in [0.3, 0.4) is 0 Å². The third kappa shape index (κ3) is 3.40. The van der Waals surface area contributed by atoms with Gasteiger partial charge in [0.15, 0.2) is 0 Å². The highest BCUT2D eigenvalue weighted by molar-refractivity contribution is 5.50. The lowest BCUT2D eigenvalue weighted by Crippen LogP contribution is -1.97. The zero-order valence-electron chi connectivity index (χ0n) is 8.18. The van der Waals surface area contributed by atoms with Crippen molar-refractivity contribution in [3.8, 4) is 0 Å². The molecular formula is C10H12N2O3. The van der Waals surface area contributed by atoms with Crippen LogP contribution in [0.5, 0.6) is 0 Å². The summed E-state index contributed by atoms with van der Waals surface area (Å²) in [5.41, 5.74) is 6.55. The Kier molecular flexibility index (Phi) is 3.82. The second-order valence-corrected chi connectivity index (χ2v) is 2.99. The third-order valence-corrected chi connectivity index (χ3v) is 1.72. The molecule has 0 aromatic heterocycles. The molecule has 0 spiro atoms. The second-order valence-electron chi connectivity index (χ2n) is 2.99. The Hall–Kier alpha value is -1.88. The zero-order valence-corrected chi connectivity index (χ0v) is 8.18. The van der Waals surface area contributed by atoms with Crippen molar-refractivity contribution >= 4 is 11.4 Å². The highest BCUT2D eigenvalue weighted by Crippen LogP contribution is 2.19. The van der Waals surface area contributed by atoms with Crippen LogP contribution in [0.2, 0.25) is 0 Å². The van der Waals surface area contributed by atoms with Crippen molar-refractivity contribution in [2.24, 2.45) is 0 Å². The molecule has 0 amide bonds. The molecule has 0 aliphatic rings. The number of ether oxygens (including phenoxy) is 1. The number of anilines is 1. The Morgan fingerprint density at radius 2 is 2.27 bits per heavy atom. The molecule has 0 radical (unpaired) electrons. The minimum atomic E-state index is -0.479. The van der Waals surface area contributed by atoms with Gasteiger partial charge < -0.3 is 10.5 Å². The van der Waals surface area contributed by atoms with E-state index in [-0.39, 0.29) is 12.3 Å². The van der Waals surface area contributed by atoms with Gasteiger partial charge in [-0.2, -0.15) is 0 Å². The van der Waals surface area contributed by atoms with Crippen molar-refractivity contribution in [1.29, 1.82) is 0 Å². The molecule has 15 heavy (non-hydrogen) atoms. The summed E-state index contributed by atoms with van der Waals surface area (Å²) in [4.78, 5) is 10.0. The summed E-state index contributed by atoms with van der Waals surface area (Å²) in [7, 11) is 0. The third-order valence-electron chi connectivity index (χ3n) is 1.72. The maximum Gasteiger partial charge on any atom is 0.271 e. The highest BCUT2D eigenvalue weighted by Gasteiger charge is 2.07. The number of hydrogen-bond acceptors (Lipinski definition) is 4. The van der Waals surface area contributed by atoms with Crippen LogP contribution in [0.1, 0.15) is 5.56 Å². The minimum Gasteiger partial charge on any atom is -0.399 e. The fraction of sp³-hybridized carbons (Fsp3) is 0.200. The van der Waals surface area contributed by atoms with Crippen LogP contribution in [0.4, 0.5) is 11.4 Å². The molecule has 2 N–H and O–H groups in total. The molecule has 5 heteroatoms. The second kappa shape index (κ2) is 5.11. The number of nitro groups is 1. The average Bonchev–Trinajstić information content (AvgIpc) is 2.17. The molecule has 0 saturated heterocycles. The van der Waals surface area contributed by atoms with E-state index in [1.165, 1.54) is 12.1 Å². The maximum atomic E-state index is 10.5. The van der Waals surface area contributed by atoms with Crippen LogP contribution in [0.15, 0.2) is 30.9 Å². The summed E-state index contributed by atoms with van der Waals surface area (Å²) in [5.74, 6) is 0. The van der Waals surface area contributed by atoms with E-state index < -0.39 is 4.92 Å². The van der Waals surface area contributed by atoms with Crippen molar-refractivity contribution in [1.82, 2.24) is 0 Å². The Labute approximate surface area is 87.3 Å². The molecule has 0 saturated carbocycles. The fourth-order valence-electron chi connectivity index (χ4n) is 1.15. The van der Waals surface area contributed by atoms with Crippen molar-refractivity contribution < 1.29 is 9.66 Å². The quantitative estimate of drug-likeness (QED) is 0.263. The topological polar surface area (TPSA) is 78.4 Å². The van der Waals surface area contributed by atoms with Gasteiger partial charge in [0.2, 0.25) is 0 Å². The normalized spacial score (nSPS) is 9.87. The molecule has 0 fully saturated rings. The lowest BCUT2D eigenvalue weighted by Gasteiger charge is -2.03. The summed E-state index contributed by atoms with van der Waals surface area (Å²) in [6, 6.07) is 4.41. The number of nitrogens with two attached hydrogens (primary N) is 1. The van der Waals surface area contributed by atoms with Gasteiger partial charge in [0, 0.05) is 17.8 Å². The molecular weight excluding hydrogens is 196 g/mol. The standard InChI is InChI=1S/C10H12N2O3/c1-2-3-15-7-8-4-9(11)6-10(5-8)12(13)14/h2,4-6H,1,3,7,11H2. The number of non-ortho nitro benzene ring substituents is 1. The number of nitrogen functional groups attached to an aromatic ring is 1. The Bertz CT molecular complexity index is 377. The van der Waals surface area contributed by atoms with Gasteiger partial charge in [-0.3, -0.25) is 10.1 Å². The van der Waals surface area contributed by atoms with Crippen LogP contribution < -0.4 is 5.73 Å². The highest BCUT2D eigenvalue weighted by atomic mass is 16.6. The van der Waals surface area contributed by atoms with Gasteiger partial charge in [0.1, 0.15) is 0 Å². The van der Waals surface area contributed by atoms with E-state index >= 15 is 0 Å². The van der Waals surface area contributed by atoms with Crippen LogP contribution in [0, 0.1) is 10.1 Å². The number of rotatable bonds is 5. The molecule has 0 bridgehead atoms. The first kappa shape index (κ1) is 11.2. The van der Waals surface area contributed by atoms with E-state index in [9.17, 15) is 10.1 Å². The SMILES string of the molecule is C=CCOCc1cc(N)cc([N+](=O)[O-])c1. The van der Waals surface area contributed by atoms with Gasteiger partial charge >= 0.3 is 0 Å². The molecule has 5 nitrogen and oxygen atoms in total. The van der Waals surface area contributed by atoms with Gasteiger partial charge in [-0.15, -0.1) is 6.58 Å². The smallest absolute Gasteiger partial charge is 0.271 e. The Morgan fingerprint density at radius 3 is 2.87 bits per heavy atom. The van der Waals surface area contributed by atoms with Crippen molar-refractivity contribution in [3.63, 3.8) is 0 Å². The average molecular weight is 208 g/mol. The Morgan fingerprint density at radius 1 is 1.53 bits per heavy atom. The van der Waals surface area contributed by atoms with E-state index in [0.29, 0.717) is 17.9 Å². The lowest BCUT2D eigenvalue weighted by atomic mass is 10.2. The van der Waals surface area contributed by atoms with Gasteiger partial charge in [0.25, 0.3) is 5.69 Å². The van der Waals surface area contributed by atoms with Gasteiger partial charge in [-0.25, -0.2) is 0 Å². The summed E-state index contributed by atoms with van der Waals surface area (Å²) >= 11 is 0. The molecule has 0 aliphatic heterocycles. The van der Waals surface area contributed by atoms with E-state index in [1.54, 1.807) is 12.1 Å². The number of nitrogens with zero attached hydrogens (tertiary/aromatic N) is 1. The monoisotopic (exact) mass is 208 g/mol. The van der Waals surface area contributed by atoms with Crippen LogP contribution >= 0.6 is 0 Å². The van der Waals surface area contributed by atoms with E-state index in [4.69, 9.17) is 10.5 Å². The maximum absolute atomic E-state index is 10.5. The van der Waals surface area contributed by atoms with Crippen molar-refractivity contribution in [2.75, 3.05) is 12.3 Å². The Balaban J connectivity index is 2.79. The van der Waals surface area contributed by atoms with Gasteiger partial charge in [0.05, 0.1) is 18.1 Å². The summed E-state index contributed by atoms with van der Waals surface area (Å²) in [5, 5.41) is 10.5. The predicted molar refractivity (Wildman–Crippen MR) is 57.4 cm³/mol. The summed E-state index contributed by atoms with van der Waals surface area (Å²) < 4.78 is 5.16. The largest absolute Gasteiger partial charge is 0.399 e. The van der Waals surface area contributed by atoms with Crippen molar-refractivity contribution in [3.05, 3.63) is 46.5 Å². The van der Waals surface area contributed by atoms with Crippen molar-refractivity contribution in [2.45, 2.75) is 6.61 Å². The summed E-state index contributed by atoms with van der Waals surface area (Å²) in [6.45, 7) is 4.19. The van der Waals surface area contributed by atoms with Gasteiger partial charge in [-0.05, 0) is 11.6 Å². The lowest BCUT2D eigenvalue weighted by molar-refractivity contribution is -0.384. The molecule has 80 valence electrons. The number of nitro benzene ring substituents is 1. The number of benzene rings is 1. The summed E-state index contributed by atoms with van der Waals surface area (Å²) in [6.07, 6.45) is 1.61. The molecule has 0 unspecified atom stereocenters. The molecule has 1 aromatic carbocycles. The zero-order chi connectivity index (χ0) is 11.3. The first-order valence-corrected chi connectivity index (χ1v) is 4.36. The first-order valence-electron chi connectivity index (χ1n) is 4.36. The van der Waals surface area contributed by atoms with Gasteiger partial charge in [-0.1, -0.05) is 6.08 Å². The minimum absolute atomic E-state index is 0.0211. The number of hydrogen-bond donors (Lipinski definition) is 1. The molecule has 0 atom stereocenters. The fourth-order valence-corrected chi connectivity index (χ4v) is 1.15. The molecule has 0 heterocycles. The predicted octanol–water partition coefficient (Wildman–Crippen LogP) is 1.88. The first-order chi connectivity index (χ1) is 7.13. The van der Waals surface area contributed by atoms with Crippen LogP contribution in [-0.4, -0.2) is 11.5 Å².